The molecule has 0 radical (unpaired) electrons. The molecule has 1 rings (SSSR count). The summed E-state index contributed by atoms with van der Waals surface area (Å²) in [5, 5.41) is 3.17. The van der Waals surface area contributed by atoms with E-state index in [0.29, 0.717) is 10.7 Å². The van der Waals surface area contributed by atoms with Crippen LogP contribution in [0.3, 0.4) is 0 Å². The molecule has 0 saturated heterocycles. The Morgan fingerprint density at radius 1 is 1.28 bits per heavy atom. The van der Waals surface area contributed by atoms with Gasteiger partial charge in [-0.3, -0.25) is 4.79 Å². The van der Waals surface area contributed by atoms with Crippen LogP contribution < -0.4 is 5.32 Å². The van der Waals surface area contributed by atoms with E-state index in [9.17, 15) is 13.2 Å². The van der Waals surface area contributed by atoms with Crippen molar-refractivity contribution in [1.29, 1.82) is 0 Å². The van der Waals surface area contributed by atoms with Crippen molar-refractivity contribution in [3.63, 3.8) is 0 Å². The number of hydrogen-bond donors (Lipinski definition) is 1. The van der Waals surface area contributed by atoms with Gasteiger partial charge in [0.15, 0.2) is 0 Å². The van der Waals surface area contributed by atoms with Crippen LogP contribution in [-0.4, -0.2) is 38.5 Å². The van der Waals surface area contributed by atoms with Crippen molar-refractivity contribution >= 4 is 33.2 Å². The van der Waals surface area contributed by atoms with Crippen molar-refractivity contribution in [1.82, 2.24) is 4.31 Å². The van der Waals surface area contributed by atoms with Crippen molar-refractivity contribution in [3.05, 3.63) is 29.3 Å². The van der Waals surface area contributed by atoms with Gasteiger partial charge in [0.25, 0.3) is 0 Å². The SMILES string of the molecule is CN(C)S(=O)(=O)CCC(=O)Nc1ccc(Cl)cc1. The second-order valence-corrected chi connectivity index (χ2v) is 6.64. The van der Waals surface area contributed by atoms with E-state index < -0.39 is 10.0 Å². The van der Waals surface area contributed by atoms with Crippen LogP contribution in [0.15, 0.2) is 24.3 Å². The second kappa shape index (κ2) is 6.17. The second-order valence-electron chi connectivity index (χ2n) is 3.90. The van der Waals surface area contributed by atoms with Crippen LogP contribution in [0, 0.1) is 0 Å². The number of carbonyl (C=O) groups is 1. The Kier molecular flexibility index (Phi) is 5.13. The number of halogens is 1. The summed E-state index contributed by atoms with van der Waals surface area (Å²) in [7, 11) is -0.467. The lowest BCUT2D eigenvalue weighted by atomic mass is 10.3. The number of nitrogens with zero attached hydrogens (tertiary/aromatic N) is 1. The van der Waals surface area contributed by atoms with E-state index in [1.54, 1.807) is 24.3 Å². The van der Waals surface area contributed by atoms with Crippen LogP contribution in [0.4, 0.5) is 5.69 Å². The normalized spacial score (nSPS) is 11.6. The van der Waals surface area contributed by atoms with Crippen molar-refractivity contribution in [2.75, 3.05) is 25.2 Å². The summed E-state index contributed by atoms with van der Waals surface area (Å²) < 4.78 is 24.0. The predicted octanol–water partition coefficient (Wildman–Crippen LogP) is 1.56. The summed E-state index contributed by atoms with van der Waals surface area (Å²) >= 11 is 5.71. The molecule has 1 aromatic carbocycles. The molecule has 0 aliphatic rings. The molecule has 5 nitrogen and oxygen atoms in total. The molecular weight excluding hydrogens is 276 g/mol. The van der Waals surface area contributed by atoms with Crippen LogP contribution in [0.1, 0.15) is 6.42 Å². The Morgan fingerprint density at radius 3 is 2.33 bits per heavy atom. The first kappa shape index (κ1) is 14.9. The average molecular weight is 291 g/mol. The highest BCUT2D eigenvalue weighted by Crippen LogP contribution is 2.13. The molecule has 0 bridgehead atoms. The Balaban J connectivity index is 2.50. The van der Waals surface area contributed by atoms with Gasteiger partial charge in [-0.2, -0.15) is 0 Å². The van der Waals surface area contributed by atoms with Gasteiger partial charge in [-0.05, 0) is 24.3 Å². The summed E-state index contributed by atoms with van der Waals surface area (Å²) in [6, 6.07) is 6.60. The van der Waals surface area contributed by atoms with E-state index in [2.05, 4.69) is 5.32 Å². The summed E-state index contributed by atoms with van der Waals surface area (Å²) in [5.74, 6) is -0.554. The highest BCUT2D eigenvalue weighted by atomic mass is 35.5. The van der Waals surface area contributed by atoms with E-state index in [4.69, 9.17) is 11.6 Å². The quantitative estimate of drug-likeness (QED) is 0.895. The maximum absolute atomic E-state index is 11.5. The highest BCUT2D eigenvalue weighted by Gasteiger charge is 2.15. The number of sulfonamides is 1. The van der Waals surface area contributed by atoms with E-state index in [-0.39, 0.29) is 18.1 Å². The lowest BCUT2D eigenvalue weighted by Gasteiger charge is -2.11. The van der Waals surface area contributed by atoms with Gasteiger partial charge in [-0.15, -0.1) is 0 Å². The maximum Gasteiger partial charge on any atom is 0.225 e. The van der Waals surface area contributed by atoms with Crippen LogP contribution in [-0.2, 0) is 14.8 Å². The third-order valence-electron chi connectivity index (χ3n) is 2.27. The smallest absolute Gasteiger partial charge is 0.225 e. The van der Waals surface area contributed by atoms with Crippen LogP contribution in [0.5, 0.6) is 0 Å². The molecule has 0 atom stereocenters. The summed E-state index contributed by atoms with van der Waals surface area (Å²) in [5.41, 5.74) is 0.589. The van der Waals surface area contributed by atoms with Gasteiger partial charge in [-0.1, -0.05) is 11.6 Å². The largest absolute Gasteiger partial charge is 0.326 e. The molecule has 1 N–H and O–H groups in total. The van der Waals surface area contributed by atoms with Gasteiger partial charge in [0, 0.05) is 31.2 Å². The first-order valence-corrected chi connectivity index (χ1v) is 7.25. The third-order valence-corrected chi connectivity index (χ3v) is 4.36. The number of nitrogens with one attached hydrogen (secondary N) is 1. The van der Waals surface area contributed by atoms with Crippen LogP contribution in [0.2, 0.25) is 5.02 Å². The summed E-state index contributed by atoms with van der Waals surface area (Å²) in [6.45, 7) is 0. The first-order chi connectivity index (χ1) is 8.31. The molecule has 0 unspecified atom stereocenters. The van der Waals surface area contributed by atoms with Crippen molar-refractivity contribution in [2.45, 2.75) is 6.42 Å². The van der Waals surface area contributed by atoms with Crippen molar-refractivity contribution < 1.29 is 13.2 Å². The molecule has 0 saturated carbocycles. The van der Waals surface area contributed by atoms with E-state index in [0.717, 1.165) is 4.31 Å². The monoisotopic (exact) mass is 290 g/mol. The molecule has 0 spiro atoms. The molecule has 18 heavy (non-hydrogen) atoms. The maximum atomic E-state index is 11.5. The topological polar surface area (TPSA) is 66.5 Å². The standard InChI is InChI=1S/C11H15ClN2O3S/c1-14(2)18(16,17)8-7-11(15)13-10-5-3-9(12)4-6-10/h3-6H,7-8H2,1-2H3,(H,13,15). The van der Waals surface area contributed by atoms with E-state index in [1.807, 2.05) is 0 Å². The Hall–Kier alpha value is -1.11. The van der Waals surface area contributed by atoms with E-state index >= 15 is 0 Å². The summed E-state index contributed by atoms with van der Waals surface area (Å²) in [4.78, 5) is 11.5. The Bertz CT molecular complexity index is 512. The zero-order chi connectivity index (χ0) is 13.8. The van der Waals surface area contributed by atoms with Gasteiger partial charge in [-0.25, -0.2) is 12.7 Å². The van der Waals surface area contributed by atoms with E-state index in [1.165, 1.54) is 14.1 Å². The molecule has 0 fully saturated rings. The van der Waals surface area contributed by atoms with Gasteiger partial charge in [0.2, 0.25) is 15.9 Å². The molecular formula is C11H15ClN2O3S. The molecule has 0 aromatic heterocycles. The minimum atomic E-state index is -3.34. The number of rotatable bonds is 5. The lowest BCUT2D eigenvalue weighted by molar-refractivity contribution is -0.115. The number of carbonyl (C=O) groups excluding carboxylic acids is 1. The molecule has 1 aromatic rings. The average Bonchev–Trinajstić information content (AvgIpc) is 2.29. The zero-order valence-corrected chi connectivity index (χ0v) is 11.8. The molecule has 0 aliphatic heterocycles. The molecule has 0 heterocycles. The van der Waals surface area contributed by atoms with Crippen LogP contribution in [0.25, 0.3) is 0 Å². The number of benzene rings is 1. The fraction of sp³-hybridized carbons (Fsp3) is 0.364. The number of amides is 1. The summed E-state index contributed by atoms with van der Waals surface area (Å²) in [6.07, 6.45) is -0.0802. The minimum absolute atomic E-state index is 0.0802. The van der Waals surface area contributed by atoms with Crippen LogP contribution >= 0.6 is 11.6 Å². The number of anilines is 1. The van der Waals surface area contributed by atoms with Gasteiger partial charge in [0.1, 0.15) is 0 Å². The fourth-order valence-corrected chi connectivity index (χ4v) is 2.10. The molecule has 0 aliphatic carbocycles. The van der Waals surface area contributed by atoms with Crippen molar-refractivity contribution in [3.8, 4) is 0 Å². The molecule has 100 valence electrons. The zero-order valence-electron chi connectivity index (χ0n) is 10.2. The van der Waals surface area contributed by atoms with Crippen molar-refractivity contribution in [2.24, 2.45) is 0 Å². The minimum Gasteiger partial charge on any atom is -0.326 e. The highest BCUT2D eigenvalue weighted by molar-refractivity contribution is 7.89. The Labute approximate surface area is 112 Å². The molecule has 1 amide bonds. The van der Waals surface area contributed by atoms with Gasteiger partial charge < -0.3 is 5.32 Å². The number of hydrogen-bond acceptors (Lipinski definition) is 3. The van der Waals surface area contributed by atoms with Gasteiger partial charge in [0.05, 0.1) is 5.75 Å². The van der Waals surface area contributed by atoms with Gasteiger partial charge >= 0.3 is 0 Å². The fourth-order valence-electron chi connectivity index (χ4n) is 1.16. The lowest BCUT2D eigenvalue weighted by Crippen LogP contribution is -2.27. The predicted molar refractivity (Wildman–Crippen MR) is 72.2 cm³/mol. The Morgan fingerprint density at radius 2 is 1.83 bits per heavy atom. The first-order valence-electron chi connectivity index (χ1n) is 5.27. The third kappa shape index (κ3) is 4.64. The molecule has 7 heteroatoms.